The van der Waals surface area contributed by atoms with E-state index in [1.54, 1.807) is 26.8 Å². The number of ketones is 1. The predicted octanol–water partition coefficient (Wildman–Crippen LogP) is 3.55. The van der Waals surface area contributed by atoms with Gasteiger partial charge in [0.25, 0.3) is 5.69 Å². The van der Waals surface area contributed by atoms with Gasteiger partial charge in [-0.1, -0.05) is 32.0 Å². The highest BCUT2D eigenvalue weighted by Gasteiger charge is 2.48. The normalized spacial score (nSPS) is 23.4. The van der Waals surface area contributed by atoms with Gasteiger partial charge in [-0.25, -0.2) is 4.79 Å². The number of nitro groups is 1. The van der Waals surface area contributed by atoms with E-state index in [9.17, 15) is 24.5 Å². The number of esters is 2. The molecular weight excluding hydrogens is 428 g/mol. The second kappa shape index (κ2) is 9.56. The number of ether oxygens (including phenoxy) is 2. The zero-order valence-corrected chi connectivity index (χ0v) is 19.3. The first-order valence-corrected chi connectivity index (χ1v) is 10.9. The van der Waals surface area contributed by atoms with Crippen LogP contribution in [0.15, 0.2) is 46.8 Å². The third-order valence-corrected chi connectivity index (χ3v) is 6.29. The first-order valence-electron chi connectivity index (χ1n) is 10.9. The van der Waals surface area contributed by atoms with Crippen molar-refractivity contribution in [1.82, 2.24) is 5.32 Å². The smallest absolute Gasteiger partial charge is 0.337 e. The first kappa shape index (κ1) is 24.2. The summed E-state index contributed by atoms with van der Waals surface area (Å²) in [5, 5.41) is 15.0. The van der Waals surface area contributed by atoms with Gasteiger partial charge < -0.3 is 14.8 Å². The zero-order chi connectivity index (χ0) is 24.4. The van der Waals surface area contributed by atoms with Gasteiger partial charge >= 0.3 is 11.9 Å². The molecule has 1 aliphatic heterocycles. The monoisotopic (exact) mass is 456 g/mol. The molecule has 0 amide bonds. The lowest BCUT2D eigenvalue weighted by atomic mass is 9.69. The SMILES string of the molecule is CC[C@@H](C)OC(=O)C1=C(C)NC2=C(C(=O)[C@@H](C(=O)OC)[C@@H](C)C2)[C@@H]1c1ccccc1[N+](=O)[O-]. The van der Waals surface area contributed by atoms with Crippen molar-refractivity contribution in [2.75, 3.05) is 7.11 Å². The van der Waals surface area contributed by atoms with Gasteiger partial charge in [-0.15, -0.1) is 0 Å². The highest BCUT2D eigenvalue weighted by molar-refractivity contribution is 6.12. The summed E-state index contributed by atoms with van der Waals surface area (Å²) in [7, 11) is 1.21. The molecule has 9 nitrogen and oxygen atoms in total. The molecule has 176 valence electrons. The Balaban J connectivity index is 2.25. The molecule has 9 heteroatoms. The molecular formula is C24H28N2O7. The molecule has 1 heterocycles. The van der Waals surface area contributed by atoms with Gasteiger partial charge in [0, 0.05) is 28.6 Å². The number of carbonyl (C=O) groups excluding carboxylic acids is 3. The number of rotatable bonds is 6. The minimum absolute atomic E-state index is 0.120. The molecule has 0 saturated heterocycles. The van der Waals surface area contributed by atoms with Crippen LogP contribution in [-0.4, -0.2) is 35.9 Å². The van der Waals surface area contributed by atoms with Gasteiger partial charge in [-0.2, -0.15) is 0 Å². The number of para-hydroxylation sites is 1. The van der Waals surface area contributed by atoms with E-state index in [0.717, 1.165) is 0 Å². The highest BCUT2D eigenvalue weighted by Crippen LogP contribution is 2.47. The molecule has 0 saturated carbocycles. The maximum atomic E-state index is 13.6. The Morgan fingerprint density at radius 2 is 1.97 bits per heavy atom. The van der Waals surface area contributed by atoms with E-state index in [-0.39, 0.29) is 34.4 Å². The first-order chi connectivity index (χ1) is 15.6. The lowest BCUT2D eigenvalue weighted by Gasteiger charge is -2.38. The molecule has 4 atom stereocenters. The summed E-state index contributed by atoms with van der Waals surface area (Å²) in [5.41, 5.74) is 1.27. The number of hydrogen-bond acceptors (Lipinski definition) is 8. The van der Waals surface area contributed by atoms with Gasteiger partial charge in [-0.3, -0.25) is 19.7 Å². The molecule has 0 spiro atoms. The molecule has 3 rings (SSSR count). The van der Waals surface area contributed by atoms with Crippen LogP contribution in [0.1, 0.15) is 52.0 Å². The summed E-state index contributed by atoms with van der Waals surface area (Å²) in [6, 6.07) is 6.00. The largest absolute Gasteiger partial charge is 0.468 e. The molecule has 1 aromatic rings. The fraction of sp³-hybridized carbons (Fsp3) is 0.458. The fourth-order valence-corrected chi connectivity index (χ4v) is 4.49. The molecule has 0 aromatic heterocycles. The van der Waals surface area contributed by atoms with Crippen LogP contribution in [0.2, 0.25) is 0 Å². The van der Waals surface area contributed by atoms with E-state index >= 15 is 0 Å². The van der Waals surface area contributed by atoms with Crippen molar-refractivity contribution in [3.63, 3.8) is 0 Å². The van der Waals surface area contributed by atoms with Crippen LogP contribution in [0.4, 0.5) is 5.69 Å². The van der Waals surface area contributed by atoms with Gasteiger partial charge in [0.05, 0.1) is 29.6 Å². The van der Waals surface area contributed by atoms with Crippen LogP contribution in [-0.2, 0) is 23.9 Å². The van der Waals surface area contributed by atoms with E-state index in [4.69, 9.17) is 9.47 Å². The van der Waals surface area contributed by atoms with Crippen LogP contribution < -0.4 is 5.32 Å². The number of dihydropyridines is 1. The molecule has 2 aliphatic rings. The van der Waals surface area contributed by atoms with Crippen LogP contribution >= 0.6 is 0 Å². The summed E-state index contributed by atoms with van der Waals surface area (Å²) in [5.74, 6) is -4.30. The van der Waals surface area contributed by atoms with Crippen molar-refractivity contribution in [2.24, 2.45) is 11.8 Å². The van der Waals surface area contributed by atoms with Crippen molar-refractivity contribution in [2.45, 2.75) is 52.6 Å². The quantitative estimate of drug-likeness (QED) is 0.298. The summed E-state index contributed by atoms with van der Waals surface area (Å²) in [4.78, 5) is 50.6. The highest BCUT2D eigenvalue weighted by atomic mass is 16.6. The van der Waals surface area contributed by atoms with Gasteiger partial charge in [0.15, 0.2) is 5.78 Å². The van der Waals surface area contributed by atoms with Crippen molar-refractivity contribution in [3.8, 4) is 0 Å². The minimum atomic E-state index is -1.06. The maximum Gasteiger partial charge on any atom is 0.337 e. The average molecular weight is 456 g/mol. The van der Waals surface area contributed by atoms with Gasteiger partial charge in [0.2, 0.25) is 0 Å². The van der Waals surface area contributed by atoms with E-state index in [2.05, 4.69) is 5.32 Å². The lowest BCUT2D eigenvalue weighted by molar-refractivity contribution is -0.385. The Labute approximate surface area is 192 Å². The number of Topliss-reactive ketones (excluding diaryl/α,β-unsaturated/α-hetero) is 1. The Morgan fingerprint density at radius 1 is 1.30 bits per heavy atom. The summed E-state index contributed by atoms with van der Waals surface area (Å²) < 4.78 is 10.4. The standard InChI is InChI=1S/C24H28N2O7/c1-6-13(3)33-24(29)19-14(4)25-16-11-12(2)18(23(28)32-5)22(27)21(16)20(19)15-9-7-8-10-17(15)26(30)31/h7-10,12-13,18,20,25H,6,11H2,1-5H3/t12-,13+,18-,20+/m0/s1. The molecule has 33 heavy (non-hydrogen) atoms. The van der Waals surface area contributed by atoms with E-state index in [0.29, 0.717) is 24.2 Å². The number of carbonyl (C=O) groups is 3. The summed E-state index contributed by atoms with van der Waals surface area (Å²) in [6.07, 6.45) is 0.545. The van der Waals surface area contributed by atoms with Crippen molar-refractivity contribution >= 4 is 23.4 Å². The number of nitrogens with one attached hydrogen (secondary N) is 1. The Bertz CT molecular complexity index is 1070. The zero-order valence-electron chi connectivity index (χ0n) is 19.3. The summed E-state index contributed by atoms with van der Waals surface area (Å²) >= 11 is 0. The third kappa shape index (κ3) is 4.40. The lowest BCUT2D eigenvalue weighted by Crippen LogP contribution is -2.43. The van der Waals surface area contributed by atoms with Crippen molar-refractivity contribution in [3.05, 3.63) is 62.5 Å². The van der Waals surface area contributed by atoms with Crippen LogP contribution in [0.25, 0.3) is 0 Å². The van der Waals surface area contributed by atoms with E-state index < -0.39 is 34.5 Å². The second-order valence-electron chi connectivity index (χ2n) is 8.48. The molecule has 0 radical (unpaired) electrons. The molecule has 0 unspecified atom stereocenters. The number of nitro benzene ring substituents is 1. The molecule has 0 bridgehead atoms. The number of nitrogens with zero attached hydrogens (tertiary/aromatic N) is 1. The fourth-order valence-electron chi connectivity index (χ4n) is 4.49. The van der Waals surface area contributed by atoms with E-state index in [1.807, 2.05) is 6.92 Å². The summed E-state index contributed by atoms with van der Waals surface area (Å²) in [6.45, 7) is 7.07. The number of hydrogen-bond donors (Lipinski definition) is 1. The van der Waals surface area contributed by atoms with Crippen LogP contribution in [0.3, 0.4) is 0 Å². The Kier molecular flexibility index (Phi) is 7.00. The number of methoxy groups -OCH3 is 1. The number of allylic oxidation sites excluding steroid dienone is 3. The molecule has 0 fully saturated rings. The Hall–Kier alpha value is -3.49. The number of benzene rings is 1. The van der Waals surface area contributed by atoms with Crippen molar-refractivity contribution in [1.29, 1.82) is 0 Å². The molecule has 1 aliphatic carbocycles. The maximum absolute atomic E-state index is 13.6. The predicted molar refractivity (Wildman–Crippen MR) is 119 cm³/mol. The van der Waals surface area contributed by atoms with Crippen molar-refractivity contribution < 1.29 is 28.8 Å². The minimum Gasteiger partial charge on any atom is -0.468 e. The average Bonchev–Trinajstić information content (AvgIpc) is 2.77. The van der Waals surface area contributed by atoms with Gasteiger partial charge in [-0.05, 0) is 32.6 Å². The van der Waals surface area contributed by atoms with Crippen LogP contribution in [0.5, 0.6) is 0 Å². The topological polar surface area (TPSA) is 125 Å². The van der Waals surface area contributed by atoms with Crippen LogP contribution in [0, 0.1) is 22.0 Å². The molecule has 1 aromatic carbocycles. The van der Waals surface area contributed by atoms with E-state index in [1.165, 1.54) is 25.3 Å². The molecule has 1 N–H and O–H groups in total. The third-order valence-electron chi connectivity index (χ3n) is 6.29. The van der Waals surface area contributed by atoms with Gasteiger partial charge in [0.1, 0.15) is 5.92 Å². The Morgan fingerprint density at radius 3 is 2.58 bits per heavy atom. The second-order valence-corrected chi connectivity index (χ2v) is 8.48.